The zero-order valence-electron chi connectivity index (χ0n) is 10.3. The molecule has 19 heavy (non-hydrogen) atoms. The molecule has 1 aromatic carbocycles. The van der Waals surface area contributed by atoms with Gasteiger partial charge in [0.25, 0.3) is 5.91 Å². The monoisotopic (exact) mass is 256 g/mol. The molecule has 2 rings (SSSR count). The van der Waals surface area contributed by atoms with Gasteiger partial charge in [0.2, 0.25) is 0 Å². The fourth-order valence-electron chi connectivity index (χ4n) is 1.53. The normalized spacial score (nSPS) is 9.74. The topological polar surface area (TPSA) is 68.3 Å². The maximum Gasteiger partial charge on any atom is 0.337 e. The van der Waals surface area contributed by atoms with Crippen LogP contribution in [0.2, 0.25) is 0 Å². The van der Waals surface area contributed by atoms with E-state index in [1.807, 2.05) is 0 Å². The van der Waals surface area contributed by atoms with Gasteiger partial charge in [0.15, 0.2) is 0 Å². The van der Waals surface area contributed by atoms with E-state index in [1.54, 1.807) is 42.6 Å². The second-order valence-electron chi connectivity index (χ2n) is 3.74. The Bertz CT molecular complexity index is 597. The summed E-state index contributed by atoms with van der Waals surface area (Å²) in [6.45, 7) is 0. The van der Waals surface area contributed by atoms with Crippen molar-refractivity contribution in [2.45, 2.75) is 0 Å². The quantitative estimate of drug-likeness (QED) is 0.854. The number of hydrogen-bond donors (Lipinski definition) is 1. The summed E-state index contributed by atoms with van der Waals surface area (Å²) in [5.74, 6) is -0.354. The summed E-state index contributed by atoms with van der Waals surface area (Å²) < 4.78 is 4.61. The number of pyridine rings is 1. The minimum absolute atomic E-state index is 0.329. The van der Waals surface area contributed by atoms with E-state index in [4.69, 9.17) is 0 Å². The number of ether oxygens (including phenoxy) is 1. The van der Waals surface area contributed by atoms with E-state index >= 15 is 0 Å². The SMILES string of the molecule is COC(=O)c1cccc(C(=O)Nc2ccccn2)c1. The first-order chi connectivity index (χ1) is 9.20. The lowest BCUT2D eigenvalue weighted by atomic mass is 10.1. The second kappa shape index (κ2) is 5.77. The highest BCUT2D eigenvalue weighted by molar-refractivity contribution is 6.05. The van der Waals surface area contributed by atoms with Gasteiger partial charge in [-0.05, 0) is 30.3 Å². The molecule has 0 bridgehead atoms. The van der Waals surface area contributed by atoms with Gasteiger partial charge in [-0.2, -0.15) is 0 Å². The molecule has 1 amide bonds. The number of methoxy groups -OCH3 is 1. The van der Waals surface area contributed by atoms with Crippen molar-refractivity contribution in [3.8, 4) is 0 Å². The van der Waals surface area contributed by atoms with Crippen molar-refractivity contribution in [2.75, 3.05) is 12.4 Å². The van der Waals surface area contributed by atoms with Crippen LogP contribution in [-0.2, 0) is 4.74 Å². The summed E-state index contributed by atoms with van der Waals surface area (Å²) in [7, 11) is 1.29. The number of nitrogens with zero attached hydrogens (tertiary/aromatic N) is 1. The van der Waals surface area contributed by atoms with Gasteiger partial charge in [-0.1, -0.05) is 12.1 Å². The number of nitrogens with one attached hydrogen (secondary N) is 1. The first-order valence-corrected chi connectivity index (χ1v) is 5.61. The van der Waals surface area contributed by atoms with Gasteiger partial charge in [0.05, 0.1) is 12.7 Å². The van der Waals surface area contributed by atoms with E-state index in [2.05, 4.69) is 15.0 Å². The molecule has 2 aromatic rings. The molecule has 0 spiro atoms. The standard InChI is InChI=1S/C14H12N2O3/c1-19-14(18)11-6-4-5-10(9-11)13(17)16-12-7-2-3-8-15-12/h2-9H,1H3,(H,15,16,17). The van der Waals surface area contributed by atoms with E-state index in [-0.39, 0.29) is 5.91 Å². The number of amides is 1. The fraction of sp³-hybridized carbons (Fsp3) is 0.0714. The van der Waals surface area contributed by atoms with Crippen LogP contribution in [0.15, 0.2) is 48.7 Å². The Balaban J connectivity index is 2.18. The summed E-state index contributed by atoms with van der Waals surface area (Å²) >= 11 is 0. The van der Waals surface area contributed by atoms with Crippen LogP contribution in [0.3, 0.4) is 0 Å². The highest BCUT2D eigenvalue weighted by Gasteiger charge is 2.10. The molecule has 5 nitrogen and oxygen atoms in total. The molecule has 0 atom stereocenters. The summed E-state index contributed by atoms with van der Waals surface area (Å²) in [4.78, 5) is 27.3. The maximum atomic E-state index is 12.0. The molecule has 1 aromatic heterocycles. The second-order valence-corrected chi connectivity index (χ2v) is 3.74. The van der Waals surface area contributed by atoms with Crippen LogP contribution in [-0.4, -0.2) is 24.0 Å². The molecule has 0 fully saturated rings. The minimum Gasteiger partial charge on any atom is -0.465 e. The average Bonchev–Trinajstić information content (AvgIpc) is 2.47. The number of hydrogen-bond acceptors (Lipinski definition) is 4. The minimum atomic E-state index is -0.479. The van der Waals surface area contributed by atoms with E-state index in [0.717, 1.165) is 0 Å². The smallest absolute Gasteiger partial charge is 0.337 e. The lowest BCUT2D eigenvalue weighted by Crippen LogP contribution is -2.13. The fourth-order valence-corrected chi connectivity index (χ4v) is 1.53. The summed E-state index contributed by atoms with van der Waals surface area (Å²) in [5.41, 5.74) is 0.699. The third-order valence-electron chi connectivity index (χ3n) is 2.45. The zero-order chi connectivity index (χ0) is 13.7. The molecule has 0 unspecified atom stereocenters. The Morgan fingerprint density at radius 2 is 1.89 bits per heavy atom. The van der Waals surface area contributed by atoms with Crippen molar-refractivity contribution < 1.29 is 14.3 Å². The maximum absolute atomic E-state index is 12.0. The molecule has 5 heteroatoms. The van der Waals surface area contributed by atoms with Gasteiger partial charge in [-0.3, -0.25) is 4.79 Å². The van der Waals surface area contributed by atoms with Crippen LogP contribution in [0.5, 0.6) is 0 Å². The van der Waals surface area contributed by atoms with Crippen LogP contribution < -0.4 is 5.32 Å². The summed E-state index contributed by atoms with van der Waals surface area (Å²) in [6.07, 6.45) is 1.58. The van der Waals surface area contributed by atoms with Gasteiger partial charge in [-0.25, -0.2) is 9.78 Å². The van der Waals surface area contributed by atoms with Crippen LogP contribution in [0, 0.1) is 0 Å². The highest BCUT2D eigenvalue weighted by Crippen LogP contribution is 2.09. The predicted octanol–water partition coefficient (Wildman–Crippen LogP) is 2.12. The summed E-state index contributed by atoms with van der Waals surface area (Å²) in [6, 6.07) is 11.5. The molecule has 0 radical (unpaired) electrons. The predicted molar refractivity (Wildman–Crippen MR) is 70.0 cm³/mol. The van der Waals surface area contributed by atoms with Crippen LogP contribution in [0.1, 0.15) is 20.7 Å². The van der Waals surface area contributed by atoms with Gasteiger partial charge in [-0.15, -0.1) is 0 Å². The number of esters is 1. The van der Waals surface area contributed by atoms with Crippen LogP contribution in [0.25, 0.3) is 0 Å². The average molecular weight is 256 g/mol. The largest absolute Gasteiger partial charge is 0.465 e. The van der Waals surface area contributed by atoms with Crippen molar-refractivity contribution in [2.24, 2.45) is 0 Å². The zero-order valence-corrected chi connectivity index (χ0v) is 10.3. The molecule has 1 N–H and O–H groups in total. The Hall–Kier alpha value is -2.69. The Morgan fingerprint density at radius 1 is 1.11 bits per heavy atom. The molecule has 0 aliphatic rings. The molecular weight excluding hydrogens is 244 g/mol. The summed E-state index contributed by atoms with van der Waals surface area (Å²) in [5, 5.41) is 2.64. The first kappa shape index (κ1) is 12.8. The lowest BCUT2D eigenvalue weighted by molar-refractivity contribution is 0.0600. The number of rotatable bonds is 3. The van der Waals surface area contributed by atoms with Crippen LogP contribution >= 0.6 is 0 Å². The third kappa shape index (κ3) is 3.16. The van der Waals surface area contributed by atoms with Crippen molar-refractivity contribution in [3.05, 3.63) is 59.8 Å². The number of carbonyl (C=O) groups is 2. The molecule has 0 aliphatic carbocycles. The van der Waals surface area contributed by atoms with Crippen LogP contribution in [0.4, 0.5) is 5.82 Å². The van der Waals surface area contributed by atoms with Crippen molar-refractivity contribution >= 4 is 17.7 Å². The molecule has 96 valence electrons. The molecular formula is C14H12N2O3. The Morgan fingerprint density at radius 3 is 2.58 bits per heavy atom. The van der Waals surface area contributed by atoms with Crippen molar-refractivity contribution in [1.82, 2.24) is 4.98 Å². The number of carbonyl (C=O) groups excluding carboxylic acids is 2. The molecule has 0 saturated carbocycles. The third-order valence-corrected chi connectivity index (χ3v) is 2.45. The Labute approximate surface area is 110 Å². The number of aromatic nitrogens is 1. The van der Waals surface area contributed by atoms with Gasteiger partial charge < -0.3 is 10.1 Å². The van der Waals surface area contributed by atoms with E-state index in [9.17, 15) is 9.59 Å². The number of benzene rings is 1. The van der Waals surface area contributed by atoms with E-state index < -0.39 is 5.97 Å². The molecule has 1 heterocycles. The lowest BCUT2D eigenvalue weighted by Gasteiger charge is -2.05. The molecule has 0 aliphatic heterocycles. The van der Waals surface area contributed by atoms with Gasteiger partial charge >= 0.3 is 5.97 Å². The van der Waals surface area contributed by atoms with Gasteiger partial charge in [0.1, 0.15) is 5.82 Å². The van der Waals surface area contributed by atoms with E-state index in [1.165, 1.54) is 13.2 Å². The highest BCUT2D eigenvalue weighted by atomic mass is 16.5. The first-order valence-electron chi connectivity index (χ1n) is 5.61. The van der Waals surface area contributed by atoms with Crippen molar-refractivity contribution in [1.29, 1.82) is 0 Å². The number of anilines is 1. The Kier molecular flexibility index (Phi) is 3.87. The van der Waals surface area contributed by atoms with E-state index in [0.29, 0.717) is 16.9 Å². The van der Waals surface area contributed by atoms with Crippen molar-refractivity contribution in [3.63, 3.8) is 0 Å². The molecule has 0 saturated heterocycles. The van der Waals surface area contributed by atoms with Gasteiger partial charge in [0, 0.05) is 11.8 Å².